The molecular weight excluding hydrogens is 416 g/mol. The molecule has 4 nitrogen and oxygen atoms in total. The fraction of sp³-hybridized carbons (Fsp3) is 0.630. The van der Waals surface area contributed by atoms with E-state index in [0.29, 0.717) is 17.8 Å². The molecule has 0 radical (unpaired) electrons. The molecule has 4 rings (SSSR count). The van der Waals surface area contributed by atoms with Crippen LogP contribution >= 0.6 is 0 Å². The van der Waals surface area contributed by atoms with Gasteiger partial charge in [0.25, 0.3) is 0 Å². The lowest BCUT2D eigenvalue weighted by Crippen LogP contribution is -2.42. The van der Waals surface area contributed by atoms with Crippen molar-refractivity contribution in [1.29, 1.82) is 0 Å². The molecular formula is C27H38O4Si. The average Bonchev–Trinajstić information content (AvgIpc) is 2.95. The second kappa shape index (κ2) is 7.86. The van der Waals surface area contributed by atoms with Crippen molar-refractivity contribution < 1.29 is 18.8 Å². The number of carbonyl (C=O) groups excluding carboxylic acids is 2. The van der Waals surface area contributed by atoms with Crippen LogP contribution in [-0.4, -0.2) is 26.7 Å². The Morgan fingerprint density at radius 2 is 1.97 bits per heavy atom. The van der Waals surface area contributed by atoms with Crippen molar-refractivity contribution in [3.63, 3.8) is 0 Å². The van der Waals surface area contributed by atoms with E-state index in [1.807, 2.05) is 6.08 Å². The van der Waals surface area contributed by atoms with Crippen molar-refractivity contribution in [2.75, 3.05) is 6.61 Å². The molecule has 4 aliphatic carbocycles. The second-order valence-corrected chi connectivity index (χ2v) is 16.0. The number of rotatable bonds is 4. The molecule has 0 spiro atoms. The van der Waals surface area contributed by atoms with E-state index in [0.717, 1.165) is 31.4 Å². The Kier molecular flexibility index (Phi) is 5.72. The van der Waals surface area contributed by atoms with Crippen LogP contribution in [0.25, 0.3) is 0 Å². The van der Waals surface area contributed by atoms with Gasteiger partial charge in [-0.1, -0.05) is 37.1 Å². The van der Waals surface area contributed by atoms with Gasteiger partial charge in [-0.2, -0.15) is 0 Å². The Balaban J connectivity index is 1.76. The molecule has 174 valence electrons. The Bertz CT molecular complexity index is 963. The zero-order valence-corrected chi connectivity index (χ0v) is 21.7. The molecule has 0 N–H and O–H groups in total. The molecule has 5 heteroatoms. The second-order valence-electron chi connectivity index (χ2n) is 11.6. The summed E-state index contributed by atoms with van der Waals surface area (Å²) in [5.41, 5.74) is 4.03. The molecule has 0 aromatic heterocycles. The van der Waals surface area contributed by atoms with E-state index in [9.17, 15) is 9.59 Å². The van der Waals surface area contributed by atoms with Gasteiger partial charge in [-0.15, -0.1) is 0 Å². The lowest BCUT2D eigenvalue weighted by atomic mass is 9.53. The van der Waals surface area contributed by atoms with Crippen LogP contribution in [0, 0.1) is 28.6 Å². The highest BCUT2D eigenvalue weighted by Gasteiger charge is 2.56. The van der Waals surface area contributed by atoms with Crippen molar-refractivity contribution in [2.24, 2.45) is 28.6 Å². The largest absolute Gasteiger partial charge is 0.545 e. The first-order valence-electron chi connectivity index (χ1n) is 12.1. The zero-order valence-electron chi connectivity index (χ0n) is 20.7. The van der Waals surface area contributed by atoms with Crippen LogP contribution in [0.3, 0.4) is 0 Å². The topological polar surface area (TPSA) is 52.6 Å². The van der Waals surface area contributed by atoms with E-state index in [4.69, 9.17) is 9.16 Å². The molecule has 32 heavy (non-hydrogen) atoms. The summed E-state index contributed by atoms with van der Waals surface area (Å²) >= 11 is 0. The van der Waals surface area contributed by atoms with Gasteiger partial charge in [0, 0.05) is 12.3 Å². The maximum absolute atomic E-state index is 12.0. The van der Waals surface area contributed by atoms with Gasteiger partial charge >= 0.3 is 5.97 Å². The number of ketones is 1. The number of carbonyl (C=O) groups is 2. The summed E-state index contributed by atoms with van der Waals surface area (Å²) in [6.45, 7) is 15.3. The summed E-state index contributed by atoms with van der Waals surface area (Å²) in [5.74, 6) is 2.20. The average molecular weight is 455 g/mol. The van der Waals surface area contributed by atoms with E-state index < -0.39 is 8.32 Å². The Labute approximate surface area is 194 Å². The van der Waals surface area contributed by atoms with Crippen LogP contribution in [-0.2, 0) is 18.8 Å². The van der Waals surface area contributed by atoms with Crippen LogP contribution in [0.2, 0.25) is 19.6 Å². The number of ether oxygens (including phenoxy) is 1. The smallest absolute Gasteiger partial charge is 0.303 e. The molecule has 0 bridgehead atoms. The van der Waals surface area contributed by atoms with E-state index in [-0.39, 0.29) is 29.2 Å². The lowest BCUT2D eigenvalue weighted by Gasteiger charge is -2.51. The van der Waals surface area contributed by atoms with Crippen molar-refractivity contribution in [1.82, 2.24) is 0 Å². The molecule has 4 aliphatic rings. The summed E-state index contributed by atoms with van der Waals surface area (Å²) in [5, 5.41) is 0. The monoisotopic (exact) mass is 454 g/mol. The lowest BCUT2D eigenvalue weighted by molar-refractivity contribution is -0.140. The minimum Gasteiger partial charge on any atom is -0.545 e. The molecule has 0 aromatic rings. The van der Waals surface area contributed by atoms with Gasteiger partial charge in [-0.05, 0) is 93.1 Å². The Morgan fingerprint density at radius 1 is 1.25 bits per heavy atom. The van der Waals surface area contributed by atoms with Crippen molar-refractivity contribution in [3.8, 4) is 0 Å². The molecule has 0 heterocycles. The highest BCUT2D eigenvalue weighted by molar-refractivity contribution is 6.70. The predicted molar refractivity (Wildman–Crippen MR) is 129 cm³/mol. The third kappa shape index (κ3) is 3.87. The highest BCUT2D eigenvalue weighted by Crippen LogP contribution is 2.65. The first kappa shape index (κ1) is 23.3. The molecule has 0 amide bonds. The number of fused-ring (bicyclic) bond motifs is 5. The predicted octanol–water partition coefficient (Wildman–Crippen LogP) is 6.13. The third-order valence-electron chi connectivity index (χ3n) is 8.19. The maximum atomic E-state index is 12.0. The molecule has 0 saturated heterocycles. The third-order valence-corrected chi connectivity index (χ3v) is 9.05. The van der Waals surface area contributed by atoms with Gasteiger partial charge in [0.15, 0.2) is 5.78 Å². The minimum absolute atomic E-state index is 0.00843. The fourth-order valence-corrected chi connectivity index (χ4v) is 7.89. The van der Waals surface area contributed by atoms with Crippen LogP contribution in [0.5, 0.6) is 0 Å². The van der Waals surface area contributed by atoms with E-state index in [2.05, 4.69) is 52.6 Å². The van der Waals surface area contributed by atoms with Gasteiger partial charge in [-0.25, -0.2) is 0 Å². The van der Waals surface area contributed by atoms with Crippen LogP contribution in [0.1, 0.15) is 53.4 Å². The molecule has 0 aliphatic heterocycles. The summed E-state index contributed by atoms with van der Waals surface area (Å²) in [7, 11) is -1.87. The standard InChI is InChI=1S/C27H38O4Si/c1-17-14-23-21-9-8-19-15-20(29)10-12-26(19,3)22(21)11-13-27(23,4)25(17)24(16-30-18(2)28)31-32(5,6)7/h10-12,15,17,21,23H,8-9,13-14,16H2,1-7H3/t17-,21?,23?,26+,27+/m1/s1. The van der Waals surface area contributed by atoms with Crippen LogP contribution in [0.4, 0.5) is 0 Å². The number of allylic oxidation sites excluding steroid dienone is 7. The van der Waals surface area contributed by atoms with Gasteiger partial charge in [0.1, 0.15) is 12.4 Å². The quantitative estimate of drug-likeness (QED) is 0.222. The fourth-order valence-electron chi connectivity index (χ4n) is 6.98. The zero-order chi connectivity index (χ0) is 23.5. The Morgan fingerprint density at radius 3 is 2.62 bits per heavy atom. The van der Waals surface area contributed by atoms with Crippen molar-refractivity contribution in [2.45, 2.75) is 73.0 Å². The Hall–Kier alpha value is -1.88. The van der Waals surface area contributed by atoms with Crippen molar-refractivity contribution in [3.05, 3.63) is 46.8 Å². The SMILES string of the molecule is CC(=O)OCC(O[Si](C)(C)C)=C1[C@H](C)CC2C3CCC4=CC(=O)C=C[C@]4(C)C3=CC[C@]12C. The molecule has 2 unspecified atom stereocenters. The number of hydrogen-bond donors (Lipinski definition) is 0. The van der Waals surface area contributed by atoms with E-state index >= 15 is 0 Å². The molecule has 0 aromatic carbocycles. The highest BCUT2D eigenvalue weighted by atomic mass is 28.4. The van der Waals surface area contributed by atoms with E-state index in [1.54, 1.807) is 6.08 Å². The summed E-state index contributed by atoms with van der Waals surface area (Å²) in [6.07, 6.45) is 12.4. The number of esters is 1. The summed E-state index contributed by atoms with van der Waals surface area (Å²) < 4.78 is 12.0. The molecule has 2 fully saturated rings. The maximum Gasteiger partial charge on any atom is 0.303 e. The minimum atomic E-state index is -1.87. The summed E-state index contributed by atoms with van der Waals surface area (Å²) in [6, 6.07) is 0. The van der Waals surface area contributed by atoms with Gasteiger partial charge in [0.05, 0.1) is 0 Å². The molecule has 2 saturated carbocycles. The summed E-state index contributed by atoms with van der Waals surface area (Å²) in [4.78, 5) is 23.6. The van der Waals surface area contributed by atoms with E-state index in [1.165, 1.54) is 23.6 Å². The normalized spacial score (nSPS) is 37.6. The van der Waals surface area contributed by atoms with Crippen molar-refractivity contribution >= 4 is 20.1 Å². The molecule has 5 atom stereocenters. The van der Waals surface area contributed by atoms with Gasteiger partial charge < -0.3 is 9.16 Å². The first-order valence-corrected chi connectivity index (χ1v) is 15.5. The van der Waals surface area contributed by atoms with Crippen LogP contribution < -0.4 is 0 Å². The first-order chi connectivity index (χ1) is 14.8. The van der Waals surface area contributed by atoms with Gasteiger partial charge in [-0.3, -0.25) is 9.59 Å². The van der Waals surface area contributed by atoms with Crippen LogP contribution in [0.15, 0.2) is 46.8 Å². The van der Waals surface area contributed by atoms with Gasteiger partial charge in [0.2, 0.25) is 8.32 Å². The number of hydrogen-bond acceptors (Lipinski definition) is 4.